The molecule has 0 radical (unpaired) electrons. The third kappa shape index (κ3) is 1.73. The predicted octanol–water partition coefficient (Wildman–Crippen LogP) is 1.94. The zero-order valence-corrected chi connectivity index (χ0v) is 8.19. The van der Waals surface area contributed by atoms with Gasteiger partial charge < -0.3 is 9.84 Å². The summed E-state index contributed by atoms with van der Waals surface area (Å²) >= 11 is 0. The molecule has 0 saturated heterocycles. The van der Waals surface area contributed by atoms with Crippen molar-refractivity contribution >= 4 is 0 Å². The van der Waals surface area contributed by atoms with Crippen LogP contribution in [0.3, 0.4) is 0 Å². The molecular weight excluding hydrogens is 209 g/mol. The molecule has 0 bridgehead atoms. The van der Waals surface area contributed by atoms with E-state index in [1.165, 1.54) is 0 Å². The third-order valence-corrected chi connectivity index (χ3v) is 2.65. The van der Waals surface area contributed by atoms with E-state index in [1.807, 2.05) is 0 Å². The van der Waals surface area contributed by atoms with Gasteiger partial charge >= 0.3 is 6.18 Å². The number of aromatic nitrogens is 1. The maximum absolute atomic E-state index is 12.5. The van der Waals surface area contributed by atoms with Gasteiger partial charge in [-0.25, -0.2) is 0 Å². The smallest absolute Gasteiger partial charge is 0.361 e. The van der Waals surface area contributed by atoms with Crippen molar-refractivity contribution < 1.29 is 17.7 Å². The van der Waals surface area contributed by atoms with E-state index in [0.717, 1.165) is 0 Å². The average Bonchev–Trinajstić information content (AvgIpc) is 2.66. The van der Waals surface area contributed by atoms with Crippen molar-refractivity contribution in [1.29, 1.82) is 0 Å². The molecule has 1 aromatic rings. The summed E-state index contributed by atoms with van der Waals surface area (Å²) in [5, 5.41) is 6.00. The number of rotatable bonds is 2. The standard InChI is InChI=1S/C9H11F3N2O/c1-13-4-5-2-3-6-7(5)8(14-15-6)9(10,11)12/h5,13H,2-4H2,1H3. The molecule has 1 aromatic heterocycles. The Morgan fingerprint density at radius 2 is 2.27 bits per heavy atom. The van der Waals surface area contributed by atoms with Crippen LogP contribution in [0.2, 0.25) is 0 Å². The van der Waals surface area contributed by atoms with Gasteiger partial charge in [-0.3, -0.25) is 0 Å². The summed E-state index contributed by atoms with van der Waals surface area (Å²) in [7, 11) is 1.72. The zero-order valence-electron chi connectivity index (χ0n) is 8.19. The molecule has 0 fully saturated rings. The number of halogens is 3. The van der Waals surface area contributed by atoms with E-state index in [1.54, 1.807) is 7.05 Å². The Morgan fingerprint density at radius 3 is 2.87 bits per heavy atom. The molecule has 0 aliphatic heterocycles. The fourth-order valence-corrected chi connectivity index (χ4v) is 2.04. The van der Waals surface area contributed by atoms with Crippen LogP contribution in [0.25, 0.3) is 0 Å². The molecule has 1 unspecified atom stereocenters. The van der Waals surface area contributed by atoms with Crippen molar-refractivity contribution in [3.63, 3.8) is 0 Å². The van der Waals surface area contributed by atoms with Gasteiger partial charge in [0.1, 0.15) is 5.76 Å². The number of hydrogen-bond donors (Lipinski definition) is 1. The topological polar surface area (TPSA) is 38.1 Å². The van der Waals surface area contributed by atoms with Gasteiger partial charge in [0.05, 0.1) is 0 Å². The van der Waals surface area contributed by atoms with Crippen LogP contribution in [-0.2, 0) is 12.6 Å². The van der Waals surface area contributed by atoms with E-state index < -0.39 is 11.9 Å². The van der Waals surface area contributed by atoms with Crippen molar-refractivity contribution in [1.82, 2.24) is 10.5 Å². The lowest BCUT2D eigenvalue weighted by Crippen LogP contribution is -2.18. The molecule has 0 aromatic carbocycles. The van der Waals surface area contributed by atoms with Crippen LogP contribution < -0.4 is 5.32 Å². The SMILES string of the molecule is CNCC1CCc2onc(C(F)(F)F)c21. The van der Waals surface area contributed by atoms with Crippen LogP contribution in [0, 0.1) is 0 Å². The minimum absolute atomic E-state index is 0.132. The second-order valence-corrected chi connectivity index (χ2v) is 3.66. The van der Waals surface area contributed by atoms with E-state index in [0.29, 0.717) is 25.1 Å². The maximum Gasteiger partial charge on any atom is 0.437 e. The Hall–Kier alpha value is -1.04. The summed E-state index contributed by atoms with van der Waals surface area (Å²) < 4.78 is 42.4. The summed E-state index contributed by atoms with van der Waals surface area (Å²) in [6, 6.07) is 0. The van der Waals surface area contributed by atoms with Crippen LogP contribution in [0.5, 0.6) is 0 Å². The molecule has 0 spiro atoms. The summed E-state index contributed by atoms with van der Waals surface area (Å²) in [4.78, 5) is 0. The van der Waals surface area contributed by atoms with Gasteiger partial charge in [0.15, 0.2) is 5.69 Å². The van der Waals surface area contributed by atoms with Gasteiger partial charge in [0.2, 0.25) is 0 Å². The Bertz CT molecular complexity index is 359. The predicted molar refractivity (Wildman–Crippen MR) is 46.5 cm³/mol. The molecule has 1 aliphatic rings. The van der Waals surface area contributed by atoms with Crippen molar-refractivity contribution in [2.24, 2.45) is 0 Å². The molecule has 1 atom stereocenters. The van der Waals surface area contributed by atoms with Crippen molar-refractivity contribution in [2.75, 3.05) is 13.6 Å². The molecule has 15 heavy (non-hydrogen) atoms. The number of hydrogen-bond acceptors (Lipinski definition) is 3. The van der Waals surface area contributed by atoms with Crippen LogP contribution in [0.4, 0.5) is 13.2 Å². The minimum Gasteiger partial charge on any atom is -0.361 e. The minimum atomic E-state index is -4.41. The summed E-state index contributed by atoms with van der Waals surface area (Å²) in [5.74, 6) is 0.260. The fraction of sp³-hybridized carbons (Fsp3) is 0.667. The van der Waals surface area contributed by atoms with Crippen molar-refractivity contribution in [3.8, 4) is 0 Å². The van der Waals surface area contributed by atoms with E-state index in [4.69, 9.17) is 4.52 Å². The fourth-order valence-electron chi connectivity index (χ4n) is 2.04. The van der Waals surface area contributed by atoms with Crippen LogP contribution in [0.15, 0.2) is 4.52 Å². The number of aryl methyl sites for hydroxylation is 1. The maximum atomic E-state index is 12.5. The highest BCUT2D eigenvalue weighted by atomic mass is 19.4. The van der Waals surface area contributed by atoms with Crippen molar-refractivity contribution in [2.45, 2.75) is 24.9 Å². The number of likely N-dealkylation sites (N-methyl/N-ethyl adjacent to an activating group) is 1. The summed E-state index contributed by atoms with van der Waals surface area (Å²) in [6.45, 7) is 0.525. The zero-order chi connectivity index (χ0) is 11.1. The molecule has 0 amide bonds. The molecule has 1 heterocycles. The second-order valence-electron chi connectivity index (χ2n) is 3.66. The van der Waals surface area contributed by atoms with E-state index >= 15 is 0 Å². The summed E-state index contributed by atoms with van der Waals surface area (Å²) in [6.07, 6.45) is -3.17. The van der Waals surface area contributed by atoms with Gasteiger partial charge in [0, 0.05) is 24.4 Å². The highest BCUT2D eigenvalue weighted by Gasteiger charge is 2.43. The molecule has 3 nitrogen and oxygen atoms in total. The van der Waals surface area contributed by atoms with Crippen LogP contribution in [-0.4, -0.2) is 18.7 Å². The quantitative estimate of drug-likeness (QED) is 0.827. The van der Waals surface area contributed by atoms with Gasteiger partial charge in [-0.2, -0.15) is 13.2 Å². The Balaban J connectivity index is 2.36. The largest absolute Gasteiger partial charge is 0.437 e. The third-order valence-electron chi connectivity index (χ3n) is 2.65. The Morgan fingerprint density at radius 1 is 1.53 bits per heavy atom. The van der Waals surface area contributed by atoms with Crippen LogP contribution >= 0.6 is 0 Å². The Labute approximate surface area is 84.6 Å². The van der Waals surface area contributed by atoms with Crippen molar-refractivity contribution in [3.05, 3.63) is 17.0 Å². The second kappa shape index (κ2) is 3.52. The lowest BCUT2D eigenvalue weighted by molar-refractivity contribution is -0.143. The average molecular weight is 220 g/mol. The lowest BCUT2D eigenvalue weighted by atomic mass is 10.0. The first-order valence-electron chi connectivity index (χ1n) is 4.74. The first-order valence-corrected chi connectivity index (χ1v) is 4.74. The van der Waals surface area contributed by atoms with Gasteiger partial charge in [-0.05, 0) is 13.5 Å². The first kappa shape index (κ1) is 10.5. The van der Waals surface area contributed by atoms with Gasteiger partial charge in [-0.15, -0.1) is 0 Å². The molecule has 1 aliphatic carbocycles. The number of nitrogens with one attached hydrogen (secondary N) is 1. The molecule has 0 saturated carbocycles. The van der Waals surface area contributed by atoms with Gasteiger partial charge in [0.25, 0.3) is 0 Å². The highest BCUT2D eigenvalue weighted by Crippen LogP contribution is 2.41. The highest BCUT2D eigenvalue weighted by molar-refractivity contribution is 5.33. The van der Waals surface area contributed by atoms with Gasteiger partial charge in [-0.1, -0.05) is 5.16 Å². The van der Waals surface area contributed by atoms with E-state index in [-0.39, 0.29) is 11.5 Å². The monoisotopic (exact) mass is 220 g/mol. The number of nitrogens with zero attached hydrogens (tertiary/aromatic N) is 1. The molecule has 6 heteroatoms. The normalized spacial score (nSPS) is 20.7. The van der Waals surface area contributed by atoms with Crippen LogP contribution in [0.1, 0.15) is 29.4 Å². The molecule has 84 valence electrons. The number of fused-ring (bicyclic) bond motifs is 1. The number of alkyl halides is 3. The van der Waals surface area contributed by atoms with E-state index in [9.17, 15) is 13.2 Å². The molecule has 2 rings (SSSR count). The lowest BCUT2D eigenvalue weighted by Gasteiger charge is -2.11. The molecule has 1 N–H and O–H groups in total. The summed E-state index contributed by atoms with van der Waals surface area (Å²) in [5.41, 5.74) is -0.605. The molecular formula is C9H11F3N2O. The first-order chi connectivity index (χ1) is 7.04. The Kier molecular flexibility index (Phi) is 2.46. The van der Waals surface area contributed by atoms with E-state index in [2.05, 4.69) is 10.5 Å².